The second-order valence-electron chi connectivity index (χ2n) is 6.25. The van der Waals surface area contributed by atoms with Crippen molar-refractivity contribution in [2.75, 3.05) is 32.6 Å². The fourth-order valence-electron chi connectivity index (χ4n) is 2.38. The molecular weight excluding hydrogens is 318 g/mol. The standard InChI is InChI=1S/C18H23N5O2/c1-18(2,23(3)9-10-25-4)13-5-7-14(8-6-13)22-17(24)16-20-12-15(11-19)21-16/h5-8,12H,9-10H2,1-4H3,(H,20,21)(H,22,24). The summed E-state index contributed by atoms with van der Waals surface area (Å²) in [6, 6.07) is 9.56. The Hall–Kier alpha value is -2.69. The maximum Gasteiger partial charge on any atom is 0.291 e. The second-order valence-corrected chi connectivity index (χ2v) is 6.25. The summed E-state index contributed by atoms with van der Waals surface area (Å²) in [4.78, 5) is 20.9. The lowest BCUT2D eigenvalue weighted by atomic mass is 9.92. The number of hydrogen-bond acceptors (Lipinski definition) is 5. The van der Waals surface area contributed by atoms with Crippen LogP contribution in [0.15, 0.2) is 30.5 Å². The third-order valence-electron chi connectivity index (χ3n) is 4.34. The summed E-state index contributed by atoms with van der Waals surface area (Å²) < 4.78 is 5.14. The number of nitrogens with zero attached hydrogens (tertiary/aromatic N) is 3. The van der Waals surface area contributed by atoms with Gasteiger partial charge >= 0.3 is 0 Å². The molecule has 1 heterocycles. The van der Waals surface area contributed by atoms with Crippen LogP contribution in [0.2, 0.25) is 0 Å². The molecule has 0 fully saturated rings. The molecule has 1 amide bonds. The van der Waals surface area contributed by atoms with E-state index < -0.39 is 0 Å². The first-order valence-electron chi connectivity index (χ1n) is 7.96. The van der Waals surface area contributed by atoms with Crippen LogP contribution in [-0.2, 0) is 10.3 Å². The van der Waals surface area contributed by atoms with Crippen molar-refractivity contribution < 1.29 is 9.53 Å². The Morgan fingerprint density at radius 2 is 2.08 bits per heavy atom. The molecule has 0 unspecified atom stereocenters. The van der Waals surface area contributed by atoms with E-state index in [0.29, 0.717) is 12.3 Å². The number of imidazole rings is 1. The fraction of sp³-hybridized carbons (Fsp3) is 0.389. The number of nitriles is 1. The van der Waals surface area contributed by atoms with E-state index in [2.05, 4.69) is 41.1 Å². The van der Waals surface area contributed by atoms with E-state index in [9.17, 15) is 4.79 Å². The molecule has 0 saturated carbocycles. The van der Waals surface area contributed by atoms with Gasteiger partial charge in [-0.15, -0.1) is 0 Å². The Bertz CT molecular complexity index is 759. The molecule has 0 saturated heterocycles. The van der Waals surface area contributed by atoms with Gasteiger partial charge in [0.25, 0.3) is 5.91 Å². The number of H-pyrrole nitrogens is 1. The Balaban J connectivity index is 2.06. The number of aromatic amines is 1. The molecule has 0 radical (unpaired) electrons. The van der Waals surface area contributed by atoms with E-state index >= 15 is 0 Å². The Labute approximate surface area is 147 Å². The van der Waals surface area contributed by atoms with Crippen molar-refractivity contribution in [1.82, 2.24) is 14.9 Å². The Kier molecular flexibility index (Phi) is 5.91. The number of benzene rings is 1. The average molecular weight is 341 g/mol. The smallest absolute Gasteiger partial charge is 0.291 e. The van der Waals surface area contributed by atoms with Crippen LogP contribution in [0.5, 0.6) is 0 Å². The van der Waals surface area contributed by atoms with Crippen LogP contribution in [0.3, 0.4) is 0 Å². The SMILES string of the molecule is COCCN(C)C(C)(C)c1ccc(NC(=O)c2nc(C#N)c[nH]2)cc1. The first kappa shape index (κ1) is 18.6. The molecule has 2 rings (SSSR count). The fourth-order valence-corrected chi connectivity index (χ4v) is 2.38. The third-order valence-corrected chi connectivity index (χ3v) is 4.34. The van der Waals surface area contributed by atoms with Gasteiger partial charge in [0, 0.05) is 31.1 Å². The lowest BCUT2D eigenvalue weighted by Crippen LogP contribution is -2.40. The monoisotopic (exact) mass is 341 g/mol. The summed E-state index contributed by atoms with van der Waals surface area (Å²) in [5, 5.41) is 11.5. The minimum absolute atomic E-state index is 0.111. The molecule has 2 aromatic rings. The second kappa shape index (κ2) is 7.92. The molecule has 0 atom stereocenters. The highest BCUT2D eigenvalue weighted by Crippen LogP contribution is 2.27. The van der Waals surface area contributed by atoms with Crippen molar-refractivity contribution in [2.45, 2.75) is 19.4 Å². The number of hydrogen-bond donors (Lipinski definition) is 2. The maximum atomic E-state index is 12.1. The van der Waals surface area contributed by atoms with E-state index in [0.717, 1.165) is 12.1 Å². The van der Waals surface area contributed by atoms with Crippen molar-refractivity contribution in [2.24, 2.45) is 0 Å². The van der Waals surface area contributed by atoms with Gasteiger partial charge < -0.3 is 15.0 Å². The van der Waals surface area contributed by atoms with Gasteiger partial charge in [0.1, 0.15) is 6.07 Å². The lowest BCUT2D eigenvalue weighted by molar-refractivity contribution is 0.0996. The summed E-state index contributed by atoms with van der Waals surface area (Å²) in [6.45, 7) is 5.77. The van der Waals surface area contributed by atoms with Gasteiger partial charge in [-0.2, -0.15) is 5.26 Å². The van der Waals surface area contributed by atoms with Gasteiger partial charge in [-0.1, -0.05) is 12.1 Å². The summed E-state index contributed by atoms with van der Waals surface area (Å²) in [6.07, 6.45) is 1.40. The van der Waals surface area contributed by atoms with Crippen molar-refractivity contribution >= 4 is 11.6 Å². The third kappa shape index (κ3) is 4.44. The highest BCUT2D eigenvalue weighted by Gasteiger charge is 2.25. The number of aromatic nitrogens is 2. The van der Waals surface area contributed by atoms with Gasteiger partial charge in [-0.25, -0.2) is 4.98 Å². The molecule has 25 heavy (non-hydrogen) atoms. The van der Waals surface area contributed by atoms with Gasteiger partial charge in [0.2, 0.25) is 0 Å². The molecule has 132 valence electrons. The molecule has 0 aliphatic heterocycles. The van der Waals surface area contributed by atoms with E-state index in [-0.39, 0.29) is 23.0 Å². The molecule has 0 aliphatic carbocycles. The lowest BCUT2D eigenvalue weighted by Gasteiger charge is -2.36. The molecular formula is C18H23N5O2. The van der Waals surface area contributed by atoms with Crippen molar-refractivity contribution in [3.63, 3.8) is 0 Å². The number of carbonyl (C=O) groups excluding carboxylic acids is 1. The predicted molar refractivity (Wildman–Crippen MR) is 95.2 cm³/mol. The molecule has 0 bridgehead atoms. The molecule has 0 spiro atoms. The molecule has 7 nitrogen and oxygen atoms in total. The normalized spacial score (nSPS) is 11.4. The molecule has 1 aromatic carbocycles. The number of carbonyl (C=O) groups is 1. The van der Waals surface area contributed by atoms with Crippen molar-refractivity contribution in [1.29, 1.82) is 5.26 Å². The van der Waals surface area contributed by atoms with E-state index in [4.69, 9.17) is 10.00 Å². The Morgan fingerprint density at radius 1 is 1.40 bits per heavy atom. The van der Waals surface area contributed by atoms with Crippen molar-refractivity contribution in [3.8, 4) is 6.07 Å². The van der Waals surface area contributed by atoms with Gasteiger partial charge in [0.15, 0.2) is 11.5 Å². The van der Waals surface area contributed by atoms with Gasteiger partial charge in [-0.05, 0) is 38.6 Å². The summed E-state index contributed by atoms with van der Waals surface area (Å²) >= 11 is 0. The largest absolute Gasteiger partial charge is 0.383 e. The highest BCUT2D eigenvalue weighted by molar-refractivity contribution is 6.01. The zero-order valence-corrected chi connectivity index (χ0v) is 15.0. The average Bonchev–Trinajstić information content (AvgIpc) is 3.09. The molecule has 0 aliphatic rings. The number of methoxy groups -OCH3 is 1. The number of amides is 1. The van der Waals surface area contributed by atoms with Crippen LogP contribution in [0, 0.1) is 11.3 Å². The Morgan fingerprint density at radius 3 is 2.64 bits per heavy atom. The number of anilines is 1. The number of likely N-dealkylation sites (N-methyl/N-ethyl adjacent to an activating group) is 1. The topological polar surface area (TPSA) is 94.0 Å². The van der Waals surface area contributed by atoms with Crippen LogP contribution in [0.4, 0.5) is 5.69 Å². The first-order chi connectivity index (χ1) is 11.9. The quantitative estimate of drug-likeness (QED) is 0.806. The number of rotatable bonds is 7. The molecule has 1 aromatic heterocycles. The highest BCUT2D eigenvalue weighted by atomic mass is 16.5. The summed E-state index contributed by atoms with van der Waals surface area (Å²) in [7, 11) is 3.75. The van der Waals surface area contributed by atoms with Crippen LogP contribution in [-0.4, -0.2) is 48.1 Å². The van der Waals surface area contributed by atoms with E-state index in [1.807, 2.05) is 30.3 Å². The summed E-state index contributed by atoms with van der Waals surface area (Å²) in [5.41, 5.74) is 1.82. The van der Waals surface area contributed by atoms with Crippen LogP contribution in [0.1, 0.15) is 35.7 Å². The van der Waals surface area contributed by atoms with Crippen molar-refractivity contribution in [3.05, 3.63) is 47.5 Å². The maximum absolute atomic E-state index is 12.1. The molecule has 2 N–H and O–H groups in total. The van der Waals surface area contributed by atoms with Gasteiger partial charge in [-0.3, -0.25) is 9.69 Å². The first-order valence-corrected chi connectivity index (χ1v) is 7.96. The van der Waals surface area contributed by atoms with Crippen LogP contribution in [0.25, 0.3) is 0 Å². The number of ether oxygens (including phenoxy) is 1. The minimum Gasteiger partial charge on any atom is -0.383 e. The zero-order chi connectivity index (χ0) is 18.4. The van der Waals surface area contributed by atoms with Crippen LogP contribution < -0.4 is 5.32 Å². The van der Waals surface area contributed by atoms with Crippen LogP contribution >= 0.6 is 0 Å². The zero-order valence-electron chi connectivity index (χ0n) is 15.0. The predicted octanol–water partition coefficient (Wildman–Crippen LogP) is 2.35. The van der Waals surface area contributed by atoms with Gasteiger partial charge in [0.05, 0.1) is 6.61 Å². The molecule has 7 heteroatoms. The minimum atomic E-state index is -0.384. The number of nitrogens with one attached hydrogen (secondary N) is 2. The van der Waals surface area contributed by atoms with E-state index in [1.165, 1.54) is 6.20 Å². The van der Waals surface area contributed by atoms with E-state index in [1.54, 1.807) is 7.11 Å². The summed E-state index contributed by atoms with van der Waals surface area (Å²) in [5.74, 6) is -0.272.